The maximum atomic E-state index is 13.9. The molecule has 4 heterocycles. The summed E-state index contributed by atoms with van der Waals surface area (Å²) in [5.74, 6) is -0.524. The van der Waals surface area contributed by atoms with Gasteiger partial charge in [0.1, 0.15) is 18.2 Å². The van der Waals surface area contributed by atoms with Crippen LogP contribution in [0.4, 0.5) is 4.39 Å². The van der Waals surface area contributed by atoms with Crippen LogP contribution in [0.25, 0.3) is 26.6 Å². The summed E-state index contributed by atoms with van der Waals surface area (Å²) >= 11 is 1.18. The van der Waals surface area contributed by atoms with Crippen LogP contribution in [0.5, 0.6) is 11.6 Å². The number of carbonyl (C=O) groups excluding carboxylic acids is 1. The summed E-state index contributed by atoms with van der Waals surface area (Å²) in [5, 5.41) is 11.9. The van der Waals surface area contributed by atoms with E-state index in [9.17, 15) is 14.3 Å². The first-order chi connectivity index (χ1) is 18.5. The third kappa shape index (κ3) is 4.22. The van der Waals surface area contributed by atoms with Crippen LogP contribution in [0.15, 0.2) is 89.5 Å². The molecule has 7 nitrogen and oxygen atoms in total. The lowest BCUT2D eigenvalue weighted by Gasteiger charge is -2.09. The Balaban J connectivity index is 1.61. The number of nitrogens with zero attached hydrogens (tertiary/aromatic N) is 3. The zero-order chi connectivity index (χ0) is 26.2. The Hall–Kier alpha value is -4.76. The van der Waals surface area contributed by atoms with Gasteiger partial charge in [0.25, 0.3) is 0 Å². The molecule has 0 saturated carbocycles. The molecule has 38 heavy (non-hydrogen) atoms. The number of aromatic nitrogens is 3. The van der Waals surface area contributed by atoms with E-state index in [0.717, 1.165) is 0 Å². The van der Waals surface area contributed by atoms with Crippen LogP contribution in [0.1, 0.15) is 27.6 Å². The van der Waals surface area contributed by atoms with Gasteiger partial charge >= 0.3 is 0 Å². The highest BCUT2D eigenvalue weighted by Crippen LogP contribution is 2.46. The molecular weight excluding hydrogens is 505 g/mol. The molecule has 188 valence electrons. The molecule has 0 fully saturated rings. The quantitative estimate of drug-likeness (QED) is 0.233. The second kappa shape index (κ2) is 9.60. The summed E-state index contributed by atoms with van der Waals surface area (Å²) in [6, 6.07) is 22.1. The Labute approximate surface area is 220 Å². The van der Waals surface area contributed by atoms with E-state index in [1.807, 2.05) is 36.4 Å². The van der Waals surface area contributed by atoms with Crippen molar-refractivity contribution in [3.63, 3.8) is 0 Å². The lowest BCUT2D eigenvalue weighted by molar-refractivity contribution is 0.100. The lowest BCUT2D eigenvalue weighted by Crippen LogP contribution is -2.06. The minimum Gasteiger partial charge on any atom is -0.492 e. The number of hydrogen-bond acceptors (Lipinski definition) is 7. The van der Waals surface area contributed by atoms with Gasteiger partial charge in [-0.25, -0.2) is 9.37 Å². The zero-order valence-corrected chi connectivity index (χ0v) is 20.9. The van der Waals surface area contributed by atoms with Gasteiger partial charge in [0.15, 0.2) is 16.6 Å². The number of fused-ring (bicyclic) bond motifs is 1. The maximum Gasteiger partial charge on any atom is 0.242 e. The van der Waals surface area contributed by atoms with Gasteiger partial charge in [-0.15, -0.1) is 0 Å². The number of furan rings is 1. The minimum atomic E-state index is -0.464. The van der Waals surface area contributed by atoms with Crippen molar-refractivity contribution in [2.75, 3.05) is 0 Å². The standard InChI is InChI=1S/C29H20FN3O4S/c1-17-10-13-22(37-17)26(34)24-25(18-7-3-2-4-8-18)33(29-32-21-12-11-19(30)15-23(21)38-29)28(35)27(24)36-16-20-9-5-6-14-31-20/h2-15,35H,16H2,1H3. The molecule has 6 aromatic rings. The second-order valence-corrected chi connectivity index (χ2v) is 9.54. The van der Waals surface area contributed by atoms with Gasteiger partial charge in [-0.2, -0.15) is 0 Å². The van der Waals surface area contributed by atoms with Gasteiger partial charge in [-0.1, -0.05) is 47.7 Å². The number of rotatable bonds is 7. The fourth-order valence-corrected chi connectivity index (χ4v) is 5.23. The lowest BCUT2D eigenvalue weighted by atomic mass is 10.0. The van der Waals surface area contributed by atoms with Gasteiger partial charge in [0, 0.05) is 6.20 Å². The van der Waals surface area contributed by atoms with Crippen LogP contribution in [-0.4, -0.2) is 25.4 Å². The van der Waals surface area contributed by atoms with Crippen LogP contribution >= 0.6 is 11.3 Å². The summed E-state index contributed by atoms with van der Waals surface area (Å²) in [6.45, 7) is 1.76. The van der Waals surface area contributed by atoms with E-state index >= 15 is 0 Å². The number of carbonyl (C=O) groups is 1. The van der Waals surface area contributed by atoms with E-state index in [-0.39, 0.29) is 29.6 Å². The first-order valence-corrected chi connectivity index (χ1v) is 12.5. The minimum absolute atomic E-state index is 0.00909. The van der Waals surface area contributed by atoms with Crippen molar-refractivity contribution in [2.24, 2.45) is 0 Å². The summed E-state index contributed by atoms with van der Waals surface area (Å²) in [7, 11) is 0. The molecule has 6 rings (SSSR count). The number of hydrogen-bond donors (Lipinski definition) is 1. The van der Waals surface area contributed by atoms with Crippen molar-refractivity contribution in [2.45, 2.75) is 13.5 Å². The van der Waals surface area contributed by atoms with Crippen molar-refractivity contribution in [1.82, 2.24) is 14.5 Å². The van der Waals surface area contributed by atoms with Gasteiger partial charge in [0.2, 0.25) is 11.7 Å². The number of thiazole rings is 1. The smallest absolute Gasteiger partial charge is 0.242 e. The number of ketones is 1. The Morgan fingerprint density at radius 3 is 2.63 bits per heavy atom. The van der Waals surface area contributed by atoms with Crippen molar-refractivity contribution in [3.8, 4) is 28.0 Å². The Morgan fingerprint density at radius 1 is 1.08 bits per heavy atom. The first kappa shape index (κ1) is 23.6. The average Bonchev–Trinajstić information content (AvgIpc) is 3.63. The Bertz CT molecular complexity index is 1770. The van der Waals surface area contributed by atoms with Gasteiger partial charge in [-0.05, 0) is 55.0 Å². The van der Waals surface area contributed by atoms with Crippen molar-refractivity contribution < 1.29 is 23.4 Å². The normalized spacial score (nSPS) is 11.2. The number of benzene rings is 2. The molecule has 0 saturated heterocycles. The van der Waals surface area contributed by atoms with Crippen molar-refractivity contribution in [1.29, 1.82) is 0 Å². The molecule has 4 aromatic heterocycles. The van der Waals surface area contributed by atoms with Crippen LogP contribution in [0, 0.1) is 12.7 Å². The molecule has 9 heteroatoms. The van der Waals surface area contributed by atoms with Crippen LogP contribution in [0.2, 0.25) is 0 Å². The summed E-state index contributed by atoms with van der Waals surface area (Å²) in [4.78, 5) is 22.8. The van der Waals surface area contributed by atoms with Gasteiger partial charge in [-0.3, -0.25) is 14.3 Å². The summed E-state index contributed by atoms with van der Waals surface area (Å²) < 4.78 is 27.7. The highest BCUT2D eigenvalue weighted by Gasteiger charge is 2.33. The molecule has 0 unspecified atom stereocenters. The van der Waals surface area contributed by atoms with E-state index in [1.54, 1.807) is 43.5 Å². The van der Waals surface area contributed by atoms with E-state index in [2.05, 4.69) is 9.97 Å². The number of pyridine rings is 1. The van der Waals surface area contributed by atoms with Crippen molar-refractivity contribution >= 4 is 27.3 Å². The van der Waals surface area contributed by atoms with E-state index < -0.39 is 11.6 Å². The number of aromatic hydroxyl groups is 1. The number of aryl methyl sites for hydroxylation is 1. The number of ether oxygens (including phenoxy) is 1. The molecule has 0 bridgehead atoms. The highest BCUT2D eigenvalue weighted by atomic mass is 32.1. The Kier molecular flexibility index (Phi) is 5.97. The van der Waals surface area contributed by atoms with Crippen LogP contribution in [0.3, 0.4) is 0 Å². The first-order valence-electron chi connectivity index (χ1n) is 11.7. The summed E-state index contributed by atoms with van der Waals surface area (Å²) in [5.41, 5.74) is 2.31. The second-order valence-electron chi connectivity index (χ2n) is 8.54. The number of halogens is 1. The molecule has 1 N–H and O–H groups in total. The van der Waals surface area contributed by atoms with Crippen molar-refractivity contribution in [3.05, 3.63) is 114 Å². The summed E-state index contributed by atoms with van der Waals surface area (Å²) in [6.07, 6.45) is 1.64. The molecule has 0 spiro atoms. The maximum absolute atomic E-state index is 13.9. The third-order valence-electron chi connectivity index (χ3n) is 5.96. The third-order valence-corrected chi connectivity index (χ3v) is 6.97. The van der Waals surface area contributed by atoms with E-state index in [1.165, 1.54) is 28.0 Å². The largest absolute Gasteiger partial charge is 0.492 e. The topological polar surface area (TPSA) is 90.4 Å². The molecular formula is C29H20FN3O4S. The molecule has 0 aliphatic heterocycles. The van der Waals surface area contributed by atoms with E-state index in [4.69, 9.17) is 9.15 Å². The van der Waals surface area contributed by atoms with Gasteiger partial charge < -0.3 is 14.3 Å². The zero-order valence-electron chi connectivity index (χ0n) is 20.1. The fraction of sp³-hybridized carbons (Fsp3) is 0.0690. The molecule has 0 atom stereocenters. The molecule has 0 aliphatic carbocycles. The van der Waals surface area contributed by atoms with Gasteiger partial charge in [0.05, 0.1) is 27.2 Å². The van der Waals surface area contributed by atoms with E-state index in [0.29, 0.717) is 38.1 Å². The fourth-order valence-electron chi connectivity index (χ4n) is 4.23. The highest BCUT2D eigenvalue weighted by molar-refractivity contribution is 7.20. The predicted octanol–water partition coefficient (Wildman–Crippen LogP) is 6.71. The molecule has 2 aromatic carbocycles. The predicted molar refractivity (Wildman–Crippen MR) is 141 cm³/mol. The molecule has 0 radical (unpaired) electrons. The average molecular weight is 526 g/mol. The Morgan fingerprint density at radius 2 is 1.89 bits per heavy atom. The van der Waals surface area contributed by atoms with Crippen LogP contribution in [-0.2, 0) is 6.61 Å². The molecule has 0 aliphatic rings. The monoisotopic (exact) mass is 525 g/mol. The SMILES string of the molecule is Cc1ccc(C(=O)c2c(OCc3ccccn3)c(O)n(-c3nc4ccc(F)cc4s3)c2-c2ccccc2)o1. The molecule has 0 amide bonds. The van der Waals surface area contributed by atoms with Crippen LogP contribution < -0.4 is 4.74 Å².